The van der Waals surface area contributed by atoms with Gasteiger partial charge in [-0.3, -0.25) is 37.4 Å². The van der Waals surface area contributed by atoms with Crippen molar-refractivity contribution in [2.45, 2.75) is 0 Å². The summed E-state index contributed by atoms with van der Waals surface area (Å²) < 4.78 is 4.60. The number of hydrogen-bond donors (Lipinski definition) is 4. The number of aromatic nitrogens is 8. The van der Waals surface area contributed by atoms with Crippen LogP contribution in [0.3, 0.4) is 0 Å². The van der Waals surface area contributed by atoms with E-state index in [2.05, 4.69) is 30.6 Å². The van der Waals surface area contributed by atoms with E-state index in [4.69, 9.17) is 0 Å². The lowest BCUT2D eigenvalue weighted by molar-refractivity contribution is 0.101. The molecule has 4 aromatic heterocycles. The van der Waals surface area contributed by atoms with Crippen LogP contribution in [0, 0.1) is 0 Å². The van der Waals surface area contributed by atoms with Crippen molar-refractivity contribution in [3.8, 4) is 22.8 Å². The molecule has 16 heteroatoms. The van der Waals surface area contributed by atoms with Crippen molar-refractivity contribution in [2.75, 3.05) is 10.6 Å². The minimum Gasteiger partial charge on any atom is -0.332 e. The molecule has 0 spiro atoms. The fourth-order valence-corrected chi connectivity index (χ4v) is 5.53. The number of aromatic amines is 2. The highest BCUT2D eigenvalue weighted by Gasteiger charge is 2.17. The fraction of sp³-hybridized carbons (Fsp3) is 0.118. The van der Waals surface area contributed by atoms with Crippen LogP contribution in [0.2, 0.25) is 0 Å². The maximum Gasteiger partial charge on any atom is 0.332 e. The lowest BCUT2D eigenvalue weighted by Crippen LogP contribution is -2.36. The van der Waals surface area contributed by atoms with Crippen molar-refractivity contribution in [1.29, 1.82) is 0 Å². The molecule has 0 saturated carbocycles. The molecule has 2 amide bonds. The Labute approximate surface area is 280 Å². The van der Waals surface area contributed by atoms with Gasteiger partial charge in [0, 0.05) is 61.8 Å². The van der Waals surface area contributed by atoms with Gasteiger partial charge in [-0.25, -0.2) is 19.6 Å². The number of amides is 2. The van der Waals surface area contributed by atoms with Crippen molar-refractivity contribution < 1.29 is 9.59 Å². The molecule has 0 radical (unpaired) electrons. The lowest BCUT2D eigenvalue weighted by atomic mass is 10.1. The average molecular weight is 673 g/mol. The summed E-state index contributed by atoms with van der Waals surface area (Å²) in [5.74, 6) is 0.0288. The Balaban J connectivity index is 0.998. The van der Waals surface area contributed by atoms with Crippen LogP contribution in [-0.2, 0) is 28.2 Å². The molecule has 7 rings (SSSR count). The molecule has 0 aliphatic rings. The van der Waals surface area contributed by atoms with Crippen LogP contribution in [0.5, 0.6) is 0 Å². The van der Waals surface area contributed by atoms with Crippen LogP contribution in [0.25, 0.3) is 45.1 Å². The van der Waals surface area contributed by atoms with Crippen LogP contribution in [0.4, 0.5) is 11.4 Å². The number of aryl methyl sites for hydroxylation is 2. The number of nitrogens with zero attached hydrogens (tertiary/aromatic N) is 6. The highest BCUT2D eigenvalue weighted by Crippen LogP contribution is 2.23. The molecular formula is C34H28N10O6. The van der Waals surface area contributed by atoms with Crippen LogP contribution in [0.1, 0.15) is 20.7 Å². The molecule has 4 N–H and O–H groups in total. The summed E-state index contributed by atoms with van der Waals surface area (Å²) in [5.41, 5.74) is 1.98. The predicted octanol–water partition coefficient (Wildman–Crippen LogP) is 2.07. The molecule has 0 aliphatic heterocycles. The van der Waals surface area contributed by atoms with E-state index in [0.717, 1.165) is 9.13 Å². The largest absolute Gasteiger partial charge is 0.332 e. The van der Waals surface area contributed by atoms with Crippen molar-refractivity contribution in [2.24, 2.45) is 28.2 Å². The van der Waals surface area contributed by atoms with E-state index < -0.39 is 22.5 Å². The Morgan fingerprint density at radius 3 is 1.20 bits per heavy atom. The molecule has 16 nitrogen and oxygen atoms in total. The van der Waals surface area contributed by atoms with E-state index in [1.807, 2.05) is 0 Å². The minimum atomic E-state index is -0.480. The maximum absolute atomic E-state index is 12.9. The van der Waals surface area contributed by atoms with E-state index >= 15 is 0 Å². The van der Waals surface area contributed by atoms with Gasteiger partial charge in [-0.05, 0) is 72.8 Å². The van der Waals surface area contributed by atoms with Gasteiger partial charge in [0.1, 0.15) is 22.7 Å². The van der Waals surface area contributed by atoms with Crippen LogP contribution in [0.15, 0.2) is 92.0 Å². The van der Waals surface area contributed by atoms with Crippen LogP contribution in [-0.4, -0.2) is 50.0 Å². The second kappa shape index (κ2) is 11.9. The predicted molar refractivity (Wildman–Crippen MR) is 186 cm³/mol. The maximum atomic E-state index is 12.9. The van der Waals surface area contributed by atoms with Gasteiger partial charge in [-0.2, -0.15) is 0 Å². The molecule has 0 aliphatic carbocycles. The third kappa shape index (κ3) is 5.29. The number of fused-ring (bicyclic) bond motifs is 2. The summed E-state index contributed by atoms with van der Waals surface area (Å²) in [6.45, 7) is 0. The second-order valence-corrected chi connectivity index (χ2v) is 11.6. The Morgan fingerprint density at radius 2 is 0.860 bits per heavy atom. The highest BCUT2D eigenvalue weighted by molar-refractivity contribution is 6.07. The molecule has 250 valence electrons. The first kappa shape index (κ1) is 31.5. The van der Waals surface area contributed by atoms with E-state index in [-0.39, 0.29) is 34.1 Å². The van der Waals surface area contributed by atoms with E-state index in [1.54, 1.807) is 72.8 Å². The lowest BCUT2D eigenvalue weighted by Gasteiger charge is -2.08. The summed E-state index contributed by atoms with van der Waals surface area (Å²) in [6.07, 6.45) is 0. The zero-order chi connectivity index (χ0) is 35.4. The topological polar surface area (TPSA) is 204 Å². The third-order valence-electron chi connectivity index (χ3n) is 8.43. The number of imidazole rings is 2. The van der Waals surface area contributed by atoms with Crippen molar-refractivity contribution >= 4 is 45.5 Å². The van der Waals surface area contributed by atoms with Crippen molar-refractivity contribution in [3.63, 3.8) is 0 Å². The molecule has 0 fully saturated rings. The number of carbonyl (C=O) groups is 2. The molecule has 50 heavy (non-hydrogen) atoms. The van der Waals surface area contributed by atoms with Gasteiger partial charge in [0.05, 0.1) is 0 Å². The summed E-state index contributed by atoms with van der Waals surface area (Å²) in [7, 11) is 5.87. The van der Waals surface area contributed by atoms with Crippen molar-refractivity contribution in [3.05, 3.63) is 126 Å². The molecular weight excluding hydrogens is 644 g/mol. The molecule has 3 aromatic carbocycles. The van der Waals surface area contributed by atoms with Gasteiger partial charge < -0.3 is 20.6 Å². The van der Waals surface area contributed by atoms with Gasteiger partial charge in [0.15, 0.2) is 11.3 Å². The number of nitrogens with one attached hydrogen (secondary N) is 4. The van der Waals surface area contributed by atoms with Crippen LogP contribution >= 0.6 is 0 Å². The molecule has 4 heterocycles. The molecule has 0 unspecified atom stereocenters. The number of hydrogen-bond acceptors (Lipinski definition) is 8. The number of carbonyl (C=O) groups excluding carboxylic acids is 2. The van der Waals surface area contributed by atoms with Gasteiger partial charge >= 0.3 is 11.4 Å². The zero-order valence-electron chi connectivity index (χ0n) is 27.1. The van der Waals surface area contributed by atoms with E-state index in [1.165, 1.54) is 37.3 Å². The number of benzene rings is 3. The smallest absolute Gasteiger partial charge is 0.332 e. The summed E-state index contributed by atoms with van der Waals surface area (Å²) >= 11 is 0. The first-order valence-electron chi connectivity index (χ1n) is 15.2. The Hall–Kier alpha value is -7.10. The SMILES string of the molecule is Cn1c(=O)c2[nH]c(-c3ccc(NC(=O)c4ccc(C(=O)Nc5ccc(-c6nc7c([nH]6)c(=O)n(C)c(=O)n7C)cc5)cc4)cc3)nc2n(C)c1=O. The zero-order valence-corrected chi connectivity index (χ0v) is 27.1. The summed E-state index contributed by atoms with van der Waals surface area (Å²) in [5, 5.41) is 5.62. The number of H-pyrrole nitrogens is 2. The minimum absolute atomic E-state index is 0.210. The molecule has 0 saturated heterocycles. The summed E-state index contributed by atoms with van der Waals surface area (Å²) in [6, 6.07) is 19.8. The van der Waals surface area contributed by atoms with Gasteiger partial charge in [-0.1, -0.05) is 0 Å². The second-order valence-electron chi connectivity index (χ2n) is 11.6. The van der Waals surface area contributed by atoms with Gasteiger partial charge in [0.25, 0.3) is 22.9 Å². The normalized spacial score (nSPS) is 11.3. The molecule has 7 aromatic rings. The molecule has 0 atom stereocenters. The quantitative estimate of drug-likeness (QED) is 0.205. The highest BCUT2D eigenvalue weighted by atomic mass is 16.2. The van der Waals surface area contributed by atoms with Gasteiger partial charge in [0.2, 0.25) is 0 Å². The number of anilines is 2. The van der Waals surface area contributed by atoms with Gasteiger partial charge in [-0.15, -0.1) is 0 Å². The summed E-state index contributed by atoms with van der Waals surface area (Å²) in [4.78, 5) is 90.1. The van der Waals surface area contributed by atoms with Crippen molar-refractivity contribution in [1.82, 2.24) is 38.2 Å². The van der Waals surface area contributed by atoms with Crippen LogP contribution < -0.4 is 33.1 Å². The van der Waals surface area contributed by atoms with E-state index in [0.29, 0.717) is 45.3 Å². The molecule has 0 bridgehead atoms. The first-order valence-corrected chi connectivity index (χ1v) is 15.2. The third-order valence-corrected chi connectivity index (χ3v) is 8.43. The monoisotopic (exact) mass is 672 g/mol. The fourth-order valence-electron chi connectivity index (χ4n) is 5.53. The van der Waals surface area contributed by atoms with E-state index in [9.17, 15) is 28.8 Å². The Bertz CT molecular complexity index is 2550. The Morgan fingerprint density at radius 1 is 0.520 bits per heavy atom. The standard InChI is InChI=1S/C34H28N10O6/c1-41-27-23(31(47)43(3)33(41)49)37-25(39-27)17-9-13-21(14-10-17)35-29(45)19-5-7-20(8-6-19)30(46)36-22-15-11-18(12-16-22)26-38-24-28(40-26)42(2)34(50)44(4)32(24)48/h5-16H,1-4H3,(H,35,45)(H,36,46)(H,37,39)(H,38,40). The average Bonchev–Trinajstić information content (AvgIpc) is 3.79. The number of rotatable bonds is 6. The Kier molecular flexibility index (Phi) is 7.47. The first-order chi connectivity index (χ1) is 23.9.